The third-order valence-electron chi connectivity index (χ3n) is 3.88. The largest absolute Gasteiger partial charge is 0.453 e. The number of aryl methyl sites for hydroxylation is 1. The lowest BCUT2D eigenvalue weighted by Crippen LogP contribution is -2.47. The number of nitrogens with one attached hydrogen (secondary N) is 2. The van der Waals surface area contributed by atoms with Crippen molar-refractivity contribution < 1.29 is 14.3 Å². The van der Waals surface area contributed by atoms with Crippen LogP contribution in [0.5, 0.6) is 0 Å². The Hall–Kier alpha value is -2.63. The molecule has 1 heterocycles. The Morgan fingerprint density at radius 2 is 1.96 bits per heavy atom. The van der Waals surface area contributed by atoms with Crippen LogP contribution in [0.2, 0.25) is 0 Å². The summed E-state index contributed by atoms with van der Waals surface area (Å²) in [6.45, 7) is 6.30. The molecule has 0 aliphatic rings. The molecule has 0 saturated carbocycles. The van der Waals surface area contributed by atoms with E-state index in [0.717, 1.165) is 22.2 Å². The number of nitrogens with zero attached hydrogens (tertiary/aromatic N) is 1. The van der Waals surface area contributed by atoms with Gasteiger partial charge in [-0.2, -0.15) is 0 Å². The average molecular weight is 343 g/mol. The van der Waals surface area contributed by atoms with Gasteiger partial charge in [-0.25, -0.2) is 4.79 Å². The Morgan fingerprint density at radius 3 is 2.64 bits per heavy atom. The number of aromatic nitrogens is 1. The second kappa shape index (κ2) is 8.46. The van der Waals surface area contributed by atoms with Gasteiger partial charge < -0.3 is 15.4 Å². The van der Waals surface area contributed by atoms with Crippen LogP contribution >= 0.6 is 0 Å². The molecule has 0 unspecified atom stereocenters. The number of carbonyl (C=O) groups excluding carboxylic acids is 2. The molecule has 6 heteroatoms. The number of rotatable bonds is 6. The molecule has 2 rings (SSSR count). The zero-order valence-electron chi connectivity index (χ0n) is 15.1. The number of fused-ring (bicyclic) bond motifs is 1. The number of carbonyl (C=O) groups is 2. The van der Waals surface area contributed by atoms with Gasteiger partial charge in [-0.1, -0.05) is 32.0 Å². The maximum absolute atomic E-state index is 12.5. The second-order valence-corrected chi connectivity index (χ2v) is 6.48. The summed E-state index contributed by atoms with van der Waals surface area (Å²) >= 11 is 0. The van der Waals surface area contributed by atoms with Crippen LogP contribution in [0.4, 0.5) is 4.79 Å². The van der Waals surface area contributed by atoms with Crippen LogP contribution in [0, 0.1) is 12.8 Å². The molecule has 0 aliphatic carbocycles. The first-order valence-corrected chi connectivity index (χ1v) is 8.38. The van der Waals surface area contributed by atoms with Gasteiger partial charge in [-0.05, 0) is 37.0 Å². The predicted octanol–water partition coefficient (Wildman–Crippen LogP) is 2.93. The van der Waals surface area contributed by atoms with Crippen LogP contribution in [0.1, 0.15) is 31.5 Å². The van der Waals surface area contributed by atoms with E-state index in [0.29, 0.717) is 13.0 Å². The van der Waals surface area contributed by atoms with Crippen molar-refractivity contribution in [2.24, 2.45) is 5.92 Å². The highest BCUT2D eigenvalue weighted by atomic mass is 16.5. The van der Waals surface area contributed by atoms with Crippen molar-refractivity contribution in [3.8, 4) is 0 Å². The van der Waals surface area contributed by atoms with Gasteiger partial charge in [-0.3, -0.25) is 9.78 Å². The highest BCUT2D eigenvalue weighted by Crippen LogP contribution is 2.18. The fraction of sp³-hybridized carbons (Fsp3) is 0.421. The summed E-state index contributed by atoms with van der Waals surface area (Å²) in [6, 6.07) is 9.17. The van der Waals surface area contributed by atoms with Gasteiger partial charge in [0, 0.05) is 17.6 Å². The Bertz CT molecular complexity index is 759. The van der Waals surface area contributed by atoms with Gasteiger partial charge in [0.25, 0.3) is 0 Å². The van der Waals surface area contributed by atoms with E-state index in [4.69, 9.17) is 0 Å². The van der Waals surface area contributed by atoms with Gasteiger partial charge in [0.15, 0.2) is 0 Å². The molecule has 2 amide bonds. The van der Waals surface area contributed by atoms with Gasteiger partial charge in [0.2, 0.25) is 5.91 Å². The number of ether oxygens (including phenoxy) is 1. The van der Waals surface area contributed by atoms with Crippen molar-refractivity contribution in [3.63, 3.8) is 0 Å². The third kappa shape index (κ3) is 5.17. The maximum atomic E-state index is 12.5. The predicted molar refractivity (Wildman–Crippen MR) is 97.1 cm³/mol. The molecule has 2 aromatic rings. The van der Waals surface area contributed by atoms with Crippen molar-refractivity contribution >= 4 is 22.9 Å². The molecule has 134 valence electrons. The Kier molecular flexibility index (Phi) is 6.33. The molecule has 1 atom stereocenters. The maximum Gasteiger partial charge on any atom is 0.407 e. The minimum Gasteiger partial charge on any atom is -0.453 e. The average Bonchev–Trinajstić information content (AvgIpc) is 2.58. The topological polar surface area (TPSA) is 80.3 Å². The number of benzene rings is 1. The minimum absolute atomic E-state index is 0.224. The van der Waals surface area contributed by atoms with Crippen LogP contribution in [0.15, 0.2) is 30.3 Å². The van der Waals surface area contributed by atoms with E-state index in [2.05, 4.69) is 20.4 Å². The van der Waals surface area contributed by atoms with Crippen LogP contribution in [-0.4, -0.2) is 30.1 Å². The van der Waals surface area contributed by atoms with Crippen molar-refractivity contribution in [1.29, 1.82) is 0 Å². The molecular formula is C19H25N3O3. The van der Waals surface area contributed by atoms with Crippen molar-refractivity contribution in [1.82, 2.24) is 15.6 Å². The van der Waals surface area contributed by atoms with E-state index in [1.54, 1.807) is 0 Å². The summed E-state index contributed by atoms with van der Waals surface area (Å²) in [5, 5.41) is 6.52. The van der Waals surface area contributed by atoms with Gasteiger partial charge in [0.05, 0.1) is 12.6 Å². The quantitative estimate of drug-likeness (QED) is 0.845. The summed E-state index contributed by atoms with van der Waals surface area (Å²) in [6.07, 6.45) is -0.0668. The molecule has 1 aromatic heterocycles. The first kappa shape index (κ1) is 18.7. The van der Waals surface area contributed by atoms with E-state index in [1.165, 1.54) is 7.11 Å². The molecule has 25 heavy (non-hydrogen) atoms. The van der Waals surface area contributed by atoms with E-state index >= 15 is 0 Å². The number of para-hydroxylation sites is 1. The standard InChI is InChI=1S/C19H25N3O3/c1-12(2)9-17(22-19(24)25-4)18(23)20-11-14-10-13(3)21-16-8-6-5-7-15(14)16/h5-8,10,12,17H,9,11H2,1-4H3,(H,20,23)(H,22,24)/t17-/m1/s1. The summed E-state index contributed by atoms with van der Waals surface area (Å²) in [4.78, 5) is 28.5. The number of hydrogen-bond acceptors (Lipinski definition) is 4. The van der Waals surface area contributed by atoms with Crippen molar-refractivity contribution in [2.75, 3.05) is 7.11 Å². The van der Waals surface area contributed by atoms with E-state index in [1.807, 2.05) is 51.1 Å². The van der Waals surface area contributed by atoms with Gasteiger partial charge in [-0.15, -0.1) is 0 Å². The fourth-order valence-electron chi connectivity index (χ4n) is 2.75. The first-order valence-electron chi connectivity index (χ1n) is 8.38. The van der Waals surface area contributed by atoms with Gasteiger partial charge in [0.1, 0.15) is 6.04 Å². The van der Waals surface area contributed by atoms with Crippen LogP contribution in [0.3, 0.4) is 0 Å². The summed E-state index contributed by atoms with van der Waals surface area (Å²) in [5.74, 6) is 0.0366. The highest BCUT2D eigenvalue weighted by Gasteiger charge is 2.22. The second-order valence-electron chi connectivity index (χ2n) is 6.48. The van der Waals surface area contributed by atoms with E-state index in [-0.39, 0.29) is 11.8 Å². The molecule has 0 spiro atoms. The van der Waals surface area contributed by atoms with Crippen LogP contribution in [-0.2, 0) is 16.1 Å². The Labute approximate surface area is 148 Å². The minimum atomic E-state index is -0.623. The number of pyridine rings is 1. The molecule has 0 fully saturated rings. The first-order chi connectivity index (χ1) is 11.9. The lowest BCUT2D eigenvalue weighted by atomic mass is 10.0. The molecule has 0 saturated heterocycles. The molecule has 0 radical (unpaired) electrons. The van der Waals surface area contributed by atoms with E-state index in [9.17, 15) is 9.59 Å². The normalized spacial score (nSPS) is 12.0. The highest BCUT2D eigenvalue weighted by molar-refractivity contribution is 5.87. The molecule has 2 N–H and O–H groups in total. The Balaban J connectivity index is 2.13. The van der Waals surface area contributed by atoms with Gasteiger partial charge >= 0.3 is 6.09 Å². The summed E-state index contributed by atoms with van der Waals surface area (Å²) in [7, 11) is 1.28. The smallest absolute Gasteiger partial charge is 0.407 e. The SMILES string of the molecule is COC(=O)N[C@H](CC(C)C)C(=O)NCc1cc(C)nc2ccccc12. The number of hydrogen-bond donors (Lipinski definition) is 2. The van der Waals surface area contributed by atoms with E-state index < -0.39 is 12.1 Å². The fourth-order valence-corrected chi connectivity index (χ4v) is 2.75. The molecular weight excluding hydrogens is 318 g/mol. The third-order valence-corrected chi connectivity index (χ3v) is 3.88. The number of methoxy groups -OCH3 is 1. The molecule has 1 aromatic carbocycles. The Morgan fingerprint density at radius 1 is 1.24 bits per heavy atom. The number of amides is 2. The summed E-state index contributed by atoms with van der Waals surface area (Å²) in [5.41, 5.74) is 2.80. The van der Waals surface area contributed by atoms with Crippen molar-refractivity contribution in [2.45, 2.75) is 39.8 Å². The molecule has 0 aliphatic heterocycles. The summed E-state index contributed by atoms with van der Waals surface area (Å²) < 4.78 is 4.61. The zero-order valence-corrected chi connectivity index (χ0v) is 15.1. The number of alkyl carbamates (subject to hydrolysis) is 1. The van der Waals surface area contributed by atoms with Crippen LogP contribution in [0.25, 0.3) is 10.9 Å². The molecule has 0 bridgehead atoms. The monoisotopic (exact) mass is 343 g/mol. The zero-order chi connectivity index (χ0) is 18.4. The molecule has 6 nitrogen and oxygen atoms in total. The lowest BCUT2D eigenvalue weighted by molar-refractivity contribution is -0.123. The lowest BCUT2D eigenvalue weighted by Gasteiger charge is -2.19. The van der Waals surface area contributed by atoms with Crippen molar-refractivity contribution in [3.05, 3.63) is 41.6 Å². The van der Waals surface area contributed by atoms with Crippen LogP contribution < -0.4 is 10.6 Å².